The van der Waals surface area contributed by atoms with Crippen molar-refractivity contribution in [2.75, 3.05) is 5.73 Å². The summed E-state index contributed by atoms with van der Waals surface area (Å²) in [6, 6.07) is 4.80. The number of pyridine rings is 1. The number of nitrogens with zero attached hydrogens (tertiary/aromatic N) is 1. The Kier molecular flexibility index (Phi) is 3.73. The van der Waals surface area contributed by atoms with E-state index in [1.165, 1.54) is 23.6 Å². The SMILES string of the molecule is Nc1csc2nc(-c3ccc(=C=O)c(=C=O)c3)cc(C(F)(F)F)c12. The smallest absolute Gasteiger partial charge is 0.397 e. The molecule has 120 valence electrons. The summed E-state index contributed by atoms with van der Waals surface area (Å²) in [5.41, 5.74) is 5.01. The van der Waals surface area contributed by atoms with Crippen LogP contribution in [0.4, 0.5) is 18.9 Å². The minimum absolute atomic E-state index is 0.00851. The number of rotatable bonds is 1. The van der Waals surface area contributed by atoms with E-state index in [1.807, 2.05) is 0 Å². The third kappa shape index (κ3) is 2.59. The topological polar surface area (TPSA) is 73.0 Å². The molecule has 0 unspecified atom stereocenters. The summed E-state index contributed by atoms with van der Waals surface area (Å²) in [4.78, 5) is 25.9. The largest absolute Gasteiger partial charge is 0.417 e. The number of fused-ring (bicyclic) bond motifs is 1. The Morgan fingerprint density at radius 2 is 1.79 bits per heavy atom. The number of thiophene rings is 1. The molecular formula is C16H7F3N2O2S. The van der Waals surface area contributed by atoms with Gasteiger partial charge < -0.3 is 5.73 Å². The normalized spacial score (nSPS) is 11.3. The molecule has 0 atom stereocenters. The highest BCUT2D eigenvalue weighted by Crippen LogP contribution is 2.41. The fourth-order valence-electron chi connectivity index (χ4n) is 2.31. The van der Waals surface area contributed by atoms with E-state index >= 15 is 0 Å². The third-order valence-electron chi connectivity index (χ3n) is 3.41. The summed E-state index contributed by atoms with van der Waals surface area (Å²) in [5.74, 6) is 3.13. The van der Waals surface area contributed by atoms with Crippen molar-refractivity contribution in [3.8, 4) is 11.3 Å². The van der Waals surface area contributed by atoms with Crippen molar-refractivity contribution in [3.63, 3.8) is 0 Å². The van der Waals surface area contributed by atoms with Crippen LogP contribution in [0.5, 0.6) is 0 Å². The van der Waals surface area contributed by atoms with Gasteiger partial charge in [-0.15, -0.1) is 11.3 Å². The van der Waals surface area contributed by atoms with Crippen LogP contribution >= 0.6 is 11.3 Å². The predicted octanol–water partition coefficient (Wildman–Crippen LogP) is 1.57. The van der Waals surface area contributed by atoms with Crippen LogP contribution in [0.25, 0.3) is 21.5 Å². The van der Waals surface area contributed by atoms with Crippen LogP contribution in [0.1, 0.15) is 5.56 Å². The number of anilines is 1. The van der Waals surface area contributed by atoms with Crippen LogP contribution in [-0.2, 0) is 15.8 Å². The quantitative estimate of drug-likeness (QED) is 0.725. The first-order valence-electron chi connectivity index (χ1n) is 6.50. The van der Waals surface area contributed by atoms with Gasteiger partial charge in [-0.25, -0.2) is 14.6 Å². The Labute approximate surface area is 136 Å². The Balaban J connectivity index is 2.37. The lowest BCUT2D eigenvalue weighted by atomic mass is 10.0. The van der Waals surface area contributed by atoms with Crippen molar-refractivity contribution in [2.24, 2.45) is 0 Å². The van der Waals surface area contributed by atoms with Crippen molar-refractivity contribution in [3.05, 3.63) is 45.6 Å². The van der Waals surface area contributed by atoms with Crippen LogP contribution in [0, 0.1) is 0 Å². The molecule has 0 saturated carbocycles. The molecular weight excluding hydrogens is 341 g/mol. The summed E-state index contributed by atoms with van der Waals surface area (Å²) in [5, 5.41) is 1.14. The van der Waals surface area contributed by atoms with Crippen molar-refractivity contribution in [2.45, 2.75) is 6.18 Å². The maximum absolute atomic E-state index is 13.3. The zero-order valence-electron chi connectivity index (χ0n) is 11.8. The van der Waals surface area contributed by atoms with Gasteiger partial charge in [0.25, 0.3) is 0 Å². The summed E-state index contributed by atoms with van der Waals surface area (Å²) in [6.07, 6.45) is -4.61. The van der Waals surface area contributed by atoms with Crippen LogP contribution in [-0.4, -0.2) is 16.9 Å². The zero-order valence-corrected chi connectivity index (χ0v) is 12.6. The van der Waals surface area contributed by atoms with E-state index in [1.54, 1.807) is 11.9 Å². The highest BCUT2D eigenvalue weighted by atomic mass is 32.1. The number of nitrogen functional groups attached to an aromatic ring is 1. The molecule has 2 aromatic heterocycles. The molecule has 0 aliphatic rings. The first kappa shape index (κ1) is 16.0. The van der Waals surface area contributed by atoms with E-state index in [0.717, 1.165) is 17.4 Å². The molecule has 0 saturated heterocycles. The van der Waals surface area contributed by atoms with E-state index in [9.17, 15) is 22.8 Å². The molecule has 0 bridgehead atoms. The van der Waals surface area contributed by atoms with Gasteiger partial charge in [-0.3, -0.25) is 0 Å². The molecule has 0 radical (unpaired) electrons. The molecule has 8 heteroatoms. The summed E-state index contributed by atoms with van der Waals surface area (Å²) < 4.78 is 40.0. The van der Waals surface area contributed by atoms with Gasteiger partial charge >= 0.3 is 6.18 Å². The van der Waals surface area contributed by atoms with Crippen LogP contribution < -0.4 is 16.2 Å². The maximum atomic E-state index is 13.3. The second-order valence-electron chi connectivity index (χ2n) is 4.89. The molecule has 0 aliphatic heterocycles. The lowest BCUT2D eigenvalue weighted by Crippen LogP contribution is -2.26. The molecule has 1 aromatic carbocycles. The fourth-order valence-corrected chi connectivity index (χ4v) is 3.17. The minimum atomic E-state index is -4.61. The number of aromatic nitrogens is 1. The number of carbonyl (C=O) groups excluding carboxylic acids is 2. The molecule has 0 fully saturated rings. The van der Waals surface area contributed by atoms with Crippen LogP contribution in [0.3, 0.4) is 0 Å². The molecule has 0 aliphatic carbocycles. The van der Waals surface area contributed by atoms with Crippen molar-refractivity contribution in [1.29, 1.82) is 0 Å². The van der Waals surface area contributed by atoms with E-state index < -0.39 is 11.7 Å². The molecule has 4 nitrogen and oxygen atoms in total. The lowest BCUT2D eigenvalue weighted by molar-refractivity contribution is -0.136. The Morgan fingerprint density at radius 1 is 1.08 bits per heavy atom. The molecule has 3 rings (SSSR count). The summed E-state index contributed by atoms with van der Waals surface area (Å²) in [7, 11) is 0. The van der Waals surface area contributed by atoms with E-state index in [4.69, 9.17) is 5.73 Å². The molecule has 0 spiro atoms. The highest BCUT2D eigenvalue weighted by molar-refractivity contribution is 7.17. The van der Waals surface area contributed by atoms with Gasteiger partial charge in [-0.05, 0) is 18.2 Å². The lowest BCUT2D eigenvalue weighted by Gasteiger charge is -2.11. The Bertz CT molecular complexity index is 1120. The van der Waals surface area contributed by atoms with Crippen molar-refractivity contribution < 1.29 is 22.8 Å². The maximum Gasteiger partial charge on any atom is 0.417 e. The summed E-state index contributed by atoms with van der Waals surface area (Å²) >= 11 is 0.995. The Morgan fingerprint density at radius 3 is 2.42 bits per heavy atom. The monoisotopic (exact) mass is 348 g/mol. The average molecular weight is 348 g/mol. The summed E-state index contributed by atoms with van der Waals surface area (Å²) in [6.45, 7) is 0. The molecule has 0 amide bonds. The van der Waals surface area contributed by atoms with Gasteiger partial charge in [0.05, 0.1) is 27.4 Å². The predicted molar refractivity (Wildman–Crippen MR) is 83.3 cm³/mol. The van der Waals surface area contributed by atoms with Gasteiger partial charge in [0.1, 0.15) is 16.7 Å². The number of halogens is 3. The molecule has 2 heterocycles. The minimum Gasteiger partial charge on any atom is -0.397 e. The molecule has 2 N–H and O–H groups in total. The second kappa shape index (κ2) is 5.62. The molecule has 3 aromatic rings. The number of hydrogen-bond acceptors (Lipinski definition) is 5. The number of alkyl halides is 3. The van der Waals surface area contributed by atoms with Gasteiger partial charge in [-0.2, -0.15) is 13.2 Å². The average Bonchev–Trinajstić information content (AvgIpc) is 2.93. The highest BCUT2D eigenvalue weighted by Gasteiger charge is 2.34. The van der Waals surface area contributed by atoms with Crippen LogP contribution in [0.15, 0.2) is 29.6 Å². The standard InChI is InChI=1S/C16H7F3N2O2S/c17-16(18,19)11-4-13(21-15-14(11)12(20)7-24-15)8-1-2-9(5-22)10(3-8)6-23/h1-4,7H,20H2. The fraction of sp³-hybridized carbons (Fsp3) is 0.0625. The van der Waals surface area contributed by atoms with E-state index in [0.29, 0.717) is 0 Å². The number of nitrogens with two attached hydrogens (primary N) is 1. The van der Waals surface area contributed by atoms with Crippen molar-refractivity contribution >= 4 is 39.1 Å². The second-order valence-corrected chi connectivity index (χ2v) is 5.75. The van der Waals surface area contributed by atoms with E-state index in [-0.39, 0.29) is 37.6 Å². The van der Waals surface area contributed by atoms with E-state index in [2.05, 4.69) is 4.98 Å². The number of hydrogen-bond donors (Lipinski definition) is 1. The third-order valence-corrected chi connectivity index (χ3v) is 4.30. The zero-order chi connectivity index (χ0) is 17.5. The van der Waals surface area contributed by atoms with Gasteiger partial charge in [0.15, 0.2) is 0 Å². The van der Waals surface area contributed by atoms with Crippen LogP contribution in [0.2, 0.25) is 0 Å². The first-order chi connectivity index (χ1) is 11.3. The number of benzene rings is 1. The first-order valence-corrected chi connectivity index (χ1v) is 7.38. The van der Waals surface area contributed by atoms with Gasteiger partial charge in [-0.1, -0.05) is 6.07 Å². The van der Waals surface area contributed by atoms with Gasteiger partial charge in [0.2, 0.25) is 0 Å². The van der Waals surface area contributed by atoms with Crippen molar-refractivity contribution in [1.82, 2.24) is 4.98 Å². The molecule has 24 heavy (non-hydrogen) atoms. The Hall–Kier alpha value is -2.92. The van der Waals surface area contributed by atoms with Gasteiger partial charge in [0, 0.05) is 16.3 Å².